The number of aromatic nitrogens is 2. The summed E-state index contributed by atoms with van der Waals surface area (Å²) in [6.07, 6.45) is 3.64. The van der Waals surface area contributed by atoms with Gasteiger partial charge in [-0.2, -0.15) is 5.10 Å². The Bertz CT molecular complexity index is 811. The monoisotopic (exact) mass is 308 g/mol. The molecular formula is C17H16N4O2. The van der Waals surface area contributed by atoms with E-state index in [0.29, 0.717) is 6.54 Å². The van der Waals surface area contributed by atoms with Crippen LogP contribution in [0.1, 0.15) is 11.1 Å². The molecule has 6 heteroatoms. The van der Waals surface area contributed by atoms with Crippen molar-refractivity contribution in [1.29, 1.82) is 0 Å². The summed E-state index contributed by atoms with van der Waals surface area (Å²) in [6.45, 7) is 2.51. The average molecular weight is 308 g/mol. The summed E-state index contributed by atoms with van der Waals surface area (Å²) in [5, 5.41) is 18.2. The Balaban J connectivity index is 1.67. The van der Waals surface area contributed by atoms with Crippen LogP contribution >= 0.6 is 0 Å². The first kappa shape index (κ1) is 14.8. The maximum absolute atomic E-state index is 10.8. The molecule has 1 N–H and O–H groups in total. The minimum atomic E-state index is -0.384. The van der Waals surface area contributed by atoms with E-state index in [-0.39, 0.29) is 10.6 Å². The van der Waals surface area contributed by atoms with Crippen molar-refractivity contribution < 1.29 is 4.92 Å². The zero-order chi connectivity index (χ0) is 16.2. The largest absolute Gasteiger partial charge is 0.381 e. The highest BCUT2D eigenvalue weighted by Gasteiger charge is 2.07. The quantitative estimate of drug-likeness (QED) is 0.576. The van der Waals surface area contributed by atoms with Crippen molar-refractivity contribution in [2.24, 2.45) is 0 Å². The van der Waals surface area contributed by atoms with Gasteiger partial charge in [0.25, 0.3) is 5.69 Å². The number of aryl methyl sites for hydroxylation is 1. The van der Waals surface area contributed by atoms with Gasteiger partial charge in [0.05, 0.1) is 10.6 Å². The van der Waals surface area contributed by atoms with E-state index in [4.69, 9.17) is 0 Å². The van der Waals surface area contributed by atoms with Crippen molar-refractivity contribution in [3.63, 3.8) is 0 Å². The minimum Gasteiger partial charge on any atom is -0.381 e. The van der Waals surface area contributed by atoms with Crippen LogP contribution in [0, 0.1) is 17.0 Å². The predicted molar refractivity (Wildman–Crippen MR) is 88.7 cm³/mol. The topological polar surface area (TPSA) is 73.0 Å². The van der Waals surface area contributed by atoms with E-state index in [9.17, 15) is 10.1 Å². The highest BCUT2D eigenvalue weighted by atomic mass is 16.6. The van der Waals surface area contributed by atoms with Crippen LogP contribution in [0.2, 0.25) is 0 Å². The van der Waals surface area contributed by atoms with Crippen molar-refractivity contribution in [3.05, 3.63) is 82.2 Å². The summed E-state index contributed by atoms with van der Waals surface area (Å²) in [5.41, 5.74) is 3.99. The Morgan fingerprint density at radius 2 is 2.00 bits per heavy atom. The molecule has 23 heavy (non-hydrogen) atoms. The van der Waals surface area contributed by atoms with Gasteiger partial charge in [0.2, 0.25) is 0 Å². The van der Waals surface area contributed by atoms with Crippen molar-refractivity contribution in [2.75, 3.05) is 5.32 Å². The zero-order valence-electron chi connectivity index (χ0n) is 12.6. The molecule has 0 saturated carbocycles. The molecule has 0 spiro atoms. The van der Waals surface area contributed by atoms with E-state index in [1.54, 1.807) is 23.0 Å². The molecule has 0 saturated heterocycles. The smallest absolute Gasteiger partial charge is 0.269 e. The Labute approximate surface area is 133 Å². The molecule has 116 valence electrons. The molecule has 0 amide bonds. The third-order valence-electron chi connectivity index (χ3n) is 3.61. The fourth-order valence-corrected chi connectivity index (χ4v) is 2.35. The van der Waals surface area contributed by atoms with Gasteiger partial charge < -0.3 is 5.32 Å². The Morgan fingerprint density at radius 1 is 1.22 bits per heavy atom. The molecule has 0 bridgehead atoms. The van der Waals surface area contributed by atoms with Gasteiger partial charge >= 0.3 is 0 Å². The van der Waals surface area contributed by atoms with Crippen molar-refractivity contribution >= 4 is 11.4 Å². The molecule has 2 aromatic carbocycles. The lowest BCUT2D eigenvalue weighted by atomic mass is 10.1. The molecule has 0 aliphatic rings. The van der Waals surface area contributed by atoms with Crippen LogP contribution in [0.15, 0.2) is 60.9 Å². The minimum absolute atomic E-state index is 0.108. The molecule has 0 aliphatic carbocycles. The Hall–Kier alpha value is -3.15. The highest BCUT2D eigenvalue weighted by Crippen LogP contribution is 2.21. The molecule has 0 aliphatic heterocycles. The summed E-state index contributed by atoms with van der Waals surface area (Å²) in [4.78, 5) is 10.4. The van der Waals surface area contributed by atoms with E-state index in [1.807, 2.05) is 43.5 Å². The van der Waals surface area contributed by atoms with E-state index in [1.165, 1.54) is 6.07 Å². The molecule has 3 rings (SSSR count). The maximum atomic E-state index is 10.8. The first-order chi connectivity index (χ1) is 11.1. The van der Waals surface area contributed by atoms with Crippen LogP contribution in [0.3, 0.4) is 0 Å². The second-order valence-electron chi connectivity index (χ2n) is 5.23. The van der Waals surface area contributed by atoms with Crippen LogP contribution in [-0.2, 0) is 6.54 Å². The van der Waals surface area contributed by atoms with Crippen molar-refractivity contribution in [3.8, 4) is 5.69 Å². The van der Waals surface area contributed by atoms with E-state index >= 15 is 0 Å². The second kappa shape index (κ2) is 6.31. The van der Waals surface area contributed by atoms with Gasteiger partial charge in [-0.15, -0.1) is 0 Å². The number of hydrogen-bond donors (Lipinski definition) is 1. The van der Waals surface area contributed by atoms with Gasteiger partial charge in [-0.1, -0.05) is 12.1 Å². The summed E-state index contributed by atoms with van der Waals surface area (Å²) < 4.78 is 1.80. The lowest BCUT2D eigenvalue weighted by Crippen LogP contribution is -2.02. The first-order valence-corrected chi connectivity index (χ1v) is 7.21. The highest BCUT2D eigenvalue weighted by molar-refractivity contribution is 5.55. The second-order valence-corrected chi connectivity index (χ2v) is 5.23. The van der Waals surface area contributed by atoms with Gasteiger partial charge in [-0.3, -0.25) is 10.1 Å². The van der Waals surface area contributed by atoms with Crippen molar-refractivity contribution in [1.82, 2.24) is 9.78 Å². The predicted octanol–water partition coefficient (Wildman–Crippen LogP) is 3.70. The summed E-state index contributed by atoms with van der Waals surface area (Å²) in [7, 11) is 0. The number of nitro benzene ring substituents is 1. The lowest BCUT2D eigenvalue weighted by molar-refractivity contribution is -0.384. The average Bonchev–Trinajstić information content (AvgIpc) is 3.08. The molecule has 1 aromatic heterocycles. The molecule has 1 heterocycles. The maximum Gasteiger partial charge on any atom is 0.269 e. The molecule has 0 unspecified atom stereocenters. The normalized spacial score (nSPS) is 10.5. The molecule has 0 fully saturated rings. The number of nitro groups is 1. The lowest BCUT2D eigenvalue weighted by Gasteiger charge is -2.10. The number of hydrogen-bond acceptors (Lipinski definition) is 4. The summed E-state index contributed by atoms with van der Waals surface area (Å²) in [6, 6.07) is 14.8. The van der Waals surface area contributed by atoms with Gasteiger partial charge in [-0.05, 0) is 42.3 Å². The van der Waals surface area contributed by atoms with Crippen LogP contribution < -0.4 is 5.32 Å². The first-order valence-electron chi connectivity index (χ1n) is 7.21. The number of non-ortho nitro benzene ring substituents is 1. The van der Waals surface area contributed by atoms with E-state index in [2.05, 4.69) is 10.4 Å². The Kier molecular flexibility index (Phi) is 4.05. The van der Waals surface area contributed by atoms with Gasteiger partial charge in [0.1, 0.15) is 0 Å². The Morgan fingerprint density at radius 3 is 2.61 bits per heavy atom. The summed E-state index contributed by atoms with van der Waals surface area (Å²) >= 11 is 0. The third-order valence-corrected chi connectivity index (χ3v) is 3.61. The van der Waals surface area contributed by atoms with Crippen LogP contribution in [0.4, 0.5) is 11.4 Å². The number of anilines is 1. The SMILES string of the molecule is Cc1cc([N+](=O)[O-])ccc1NCc1ccc(-n2cccn2)cc1. The standard InChI is InChI=1S/C17H16N4O2/c1-13-11-16(21(22)23)7-8-17(13)18-12-14-3-5-15(6-4-14)20-10-2-9-19-20/h2-11,18H,12H2,1H3. The third kappa shape index (κ3) is 3.37. The molecule has 0 radical (unpaired) electrons. The number of benzene rings is 2. The van der Waals surface area contributed by atoms with E-state index in [0.717, 1.165) is 22.5 Å². The van der Waals surface area contributed by atoms with E-state index < -0.39 is 0 Å². The van der Waals surface area contributed by atoms with Crippen LogP contribution in [0.25, 0.3) is 5.69 Å². The molecule has 6 nitrogen and oxygen atoms in total. The molecular weight excluding hydrogens is 292 g/mol. The van der Waals surface area contributed by atoms with Gasteiger partial charge in [-0.25, -0.2) is 4.68 Å². The van der Waals surface area contributed by atoms with Crippen LogP contribution in [-0.4, -0.2) is 14.7 Å². The van der Waals surface area contributed by atoms with Crippen molar-refractivity contribution in [2.45, 2.75) is 13.5 Å². The molecule has 0 atom stereocenters. The number of rotatable bonds is 5. The summed E-state index contributed by atoms with van der Waals surface area (Å²) in [5.74, 6) is 0. The zero-order valence-corrected chi connectivity index (χ0v) is 12.6. The fraction of sp³-hybridized carbons (Fsp3) is 0.118. The number of nitrogens with one attached hydrogen (secondary N) is 1. The fourth-order valence-electron chi connectivity index (χ4n) is 2.35. The van der Waals surface area contributed by atoms with Crippen LogP contribution in [0.5, 0.6) is 0 Å². The van der Waals surface area contributed by atoms with Gasteiger partial charge in [0, 0.05) is 36.8 Å². The molecule has 3 aromatic rings. The number of nitrogens with zero attached hydrogens (tertiary/aromatic N) is 3. The van der Waals surface area contributed by atoms with Gasteiger partial charge in [0.15, 0.2) is 0 Å².